The summed E-state index contributed by atoms with van der Waals surface area (Å²) in [5, 5.41) is 2.01. The Morgan fingerprint density at radius 3 is 2.13 bits per heavy atom. The summed E-state index contributed by atoms with van der Waals surface area (Å²) in [5.74, 6) is -3.43. The number of hydrogen-bond donors (Lipinski definition) is 1. The molecule has 2 aliphatic carbocycles. The van der Waals surface area contributed by atoms with Crippen LogP contribution in [0.1, 0.15) is 17.5 Å². The number of hydrogen-bond acceptors (Lipinski definition) is 5. The number of fused-ring (bicyclic) bond motifs is 5. The van der Waals surface area contributed by atoms with Crippen molar-refractivity contribution in [2.24, 2.45) is 23.7 Å². The zero-order chi connectivity index (χ0) is 21.7. The number of para-hydroxylation sites is 1. The number of aryl methyl sites for hydroxylation is 2. The summed E-state index contributed by atoms with van der Waals surface area (Å²) in [5.41, 5.74) is 2.44. The molecule has 3 amide bonds. The number of rotatable bonds is 5. The van der Waals surface area contributed by atoms with Gasteiger partial charge < -0.3 is 10.1 Å². The van der Waals surface area contributed by atoms with E-state index < -0.39 is 48.7 Å². The molecule has 3 fully saturated rings. The first-order valence-corrected chi connectivity index (χ1v) is 10.7. The molecule has 0 aromatic heterocycles. The maximum atomic E-state index is 12.7. The first-order chi connectivity index (χ1) is 14.2. The Labute approximate surface area is 184 Å². The number of esters is 1. The summed E-state index contributed by atoms with van der Waals surface area (Å²) < 4.78 is 5.00. The predicted molar refractivity (Wildman–Crippen MR) is 110 cm³/mol. The van der Waals surface area contributed by atoms with Gasteiger partial charge in [0.1, 0.15) is 6.54 Å². The molecule has 30 heavy (non-hydrogen) atoms. The lowest BCUT2D eigenvalue weighted by Gasteiger charge is -2.28. The van der Waals surface area contributed by atoms with E-state index in [0.717, 1.165) is 16.0 Å². The van der Waals surface area contributed by atoms with E-state index in [9.17, 15) is 19.2 Å². The summed E-state index contributed by atoms with van der Waals surface area (Å²) in [6.45, 7) is 2.70. The number of alkyl halides is 2. The Kier molecular flexibility index (Phi) is 5.53. The summed E-state index contributed by atoms with van der Waals surface area (Å²) in [7, 11) is 0. The quantitative estimate of drug-likeness (QED) is 0.420. The first-order valence-electron chi connectivity index (χ1n) is 9.85. The molecule has 6 atom stereocenters. The Morgan fingerprint density at radius 2 is 1.60 bits per heavy atom. The van der Waals surface area contributed by atoms with E-state index >= 15 is 0 Å². The predicted octanol–water partition coefficient (Wildman–Crippen LogP) is 2.25. The third-order valence-electron chi connectivity index (χ3n) is 6.48. The van der Waals surface area contributed by atoms with Gasteiger partial charge in [-0.3, -0.25) is 24.1 Å². The number of halogens is 2. The van der Waals surface area contributed by atoms with Crippen molar-refractivity contribution in [2.45, 2.75) is 31.0 Å². The number of benzene rings is 1. The molecule has 160 valence electrons. The van der Waals surface area contributed by atoms with Crippen LogP contribution < -0.4 is 5.32 Å². The van der Waals surface area contributed by atoms with E-state index in [1.54, 1.807) is 0 Å². The van der Waals surface area contributed by atoms with Crippen LogP contribution in [0.3, 0.4) is 0 Å². The van der Waals surface area contributed by atoms with Gasteiger partial charge in [0.25, 0.3) is 5.91 Å². The summed E-state index contributed by atoms with van der Waals surface area (Å²) in [6.07, 6.45) is 0.659. The van der Waals surface area contributed by atoms with Crippen molar-refractivity contribution in [3.8, 4) is 0 Å². The van der Waals surface area contributed by atoms with Crippen LogP contribution in [0.25, 0.3) is 0 Å². The lowest BCUT2D eigenvalue weighted by atomic mass is 9.80. The topological polar surface area (TPSA) is 92.8 Å². The van der Waals surface area contributed by atoms with Gasteiger partial charge in [-0.2, -0.15) is 0 Å². The number of ether oxygens (including phenoxy) is 1. The van der Waals surface area contributed by atoms with Crippen molar-refractivity contribution in [1.29, 1.82) is 0 Å². The minimum Gasteiger partial charge on any atom is -0.454 e. The van der Waals surface area contributed by atoms with Crippen molar-refractivity contribution in [2.75, 3.05) is 18.5 Å². The minimum atomic E-state index is -0.814. The highest BCUT2D eigenvalue weighted by Gasteiger charge is 2.66. The van der Waals surface area contributed by atoms with Crippen molar-refractivity contribution in [3.05, 3.63) is 29.3 Å². The third-order valence-corrected chi connectivity index (χ3v) is 7.79. The van der Waals surface area contributed by atoms with Crippen LogP contribution in [-0.2, 0) is 23.9 Å². The van der Waals surface area contributed by atoms with Crippen LogP contribution in [0, 0.1) is 37.5 Å². The summed E-state index contributed by atoms with van der Waals surface area (Å²) in [6, 6.07) is 5.60. The fourth-order valence-corrected chi connectivity index (χ4v) is 5.97. The molecule has 1 aliphatic heterocycles. The molecular formula is C21H22Cl2N2O5. The SMILES string of the molecule is Cc1cccc(C)c1NC(=O)COC(=O)CN1C(=O)[C@@H]2[C@H]3C[C@@H]([C@@H](Cl)[C@H]3Cl)[C@H]2C1=O. The fraction of sp³-hybridized carbons (Fsp3) is 0.524. The molecule has 0 unspecified atom stereocenters. The number of carbonyl (C=O) groups excluding carboxylic acids is 4. The maximum Gasteiger partial charge on any atom is 0.326 e. The Hall–Kier alpha value is -2.12. The number of amides is 3. The Morgan fingerprint density at radius 1 is 1.07 bits per heavy atom. The second kappa shape index (κ2) is 7.85. The zero-order valence-electron chi connectivity index (χ0n) is 16.6. The third kappa shape index (κ3) is 3.38. The van der Waals surface area contributed by atoms with Crippen molar-refractivity contribution in [3.63, 3.8) is 0 Å². The molecule has 2 saturated carbocycles. The maximum absolute atomic E-state index is 12.7. The molecule has 0 radical (unpaired) electrons. The fourth-order valence-electron chi connectivity index (χ4n) is 5.07. The number of likely N-dealkylation sites (tertiary alicyclic amines) is 1. The van der Waals surface area contributed by atoms with Crippen LogP contribution >= 0.6 is 23.2 Å². The van der Waals surface area contributed by atoms with Crippen LogP contribution in [0.5, 0.6) is 0 Å². The van der Waals surface area contributed by atoms with E-state index in [4.69, 9.17) is 27.9 Å². The molecule has 1 aromatic rings. The lowest BCUT2D eigenvalue weighted by molar-refractivity contribution is -0.154. The molecule has 1 saturated heterocycles. The number of nitrogens with one attached hydrogen (secondary N) is 1. The molecular weight excluding hydrogens is 431 g/mol. The van der Waals surface area contributed by atoms with Crippen LogP contribution in [0.4, 0.5) is 5.69 Å². The normalized spacial score (nSPS) is 31.8. The number of imide groups is 1. The standard InChI is InChI=1S/C21H22Cl2N2O5/c1-9-4-3-5-10(2)19(9)24-13(26)8-30-14(27)7-25-20(28)15-11-6-12(16(15)21(25)29)18(23)17(11)22/h3-5,11-12,15-18H,6-8H2,1-2H3,(H,24,26)/t11-,12-,15-,16-,17-,18+/m1/s1. The monoisotopic (exact) mass is 452 g/mol. The average molecular weight is 453 g/mol. The van der Waals surface area contributed by atoms with E-state index in [1.807, 2.05) is 32.0 Å². The van der Waals surface area contributed by atoms with E-state index in [0.29, 0.717) is 12.1 Å². The largest absolute Gasteiger partial charge is 0.454 e. The lowest BCUT2D eigenvalue weighted by Crippen LogP contribution is -2.38. The van der Waals surface area contributed by atoms with E-state index in [1.165, 1.54) is 0 Å². The molecule has 7 nitrogen and oxygen atoms in total. The molecule has 1 N–H and O–H groups in total. The Bertz CT molecular complexity index is 884. The van der Waals surface area contributed by atoms with Gasteiger partial charge in [0.2, 0.25) is 11.8 Å². The molecule has 2 bridgehead atoms. The van der Waals surface area contributed by atoms with Gasteiger partial charge in [-0.05, 0) is 43.2 Å². The van der Waals surface area contributed by atoms with Gasteiger partial charge in [0.15, 0.2) is 6.61 Å². The van der Waals surface area contributed by atoms with Crippen LogP contribution in [0.15, 0.2) is 18.2 Å². The highest BCUT2D eigenvalue weighted by atomic mass is 35.5. The highest BCUT2D eigenvalue weighted by molar-refractivity contribution is 6.31. The molecule has 3 aliphatic rings. The second-order valence-corrected chi connectivity index (χ2v) is 9.25. The molecule has 0 spiro atoms. The molecule has 4 rings (SSSR count). The summed E-state index contributed by atoms with van der Waals surface area (Å²) >= 11 is 12.6. The zero-order valence-corrected chi connectivity index (χ0v) is 18.1. The first kappa shape index (κ1) is 21.1. The summed E-state index contributed by atoms with van der Waals surface area (Å²) in [4.78, 5) is 50.8. The Balaban J connectivity index is 1.33. The molecule has 1 aromatic carbocycles. The average Bonchev–Trinajstić information content (AvgIpc) is 3.30. The molecule has 9 heteroatoms. The number of anilines is 1. The van der Waals surface area contributed by atoms with Crippen molar-refractivity contribution >= 4 is 52.6 Å². The van der Waals surface area contributed by atoms with Gasteiger partial charge in [-0.1, -0.05) is 18.2 Å². The van der Waals surface area contributed by atoms with Crippen LogP contribution in [-0.4, -0.2) is 52.5 Å². The van der Waals surface area contributed by atoms with E-state index in [-0.39, 0.29) is 22.6 Å². The smallest absolute Gasteiger partial charge is 0.326 e. The van der Waals surface area contributed by atoms with Gasteiger partial charge in [-0.15, -0.1) is 23.2 Å². The molecule has 1 heterocycles. The van der Waals surface area contributed by atoms with Gasteiger partial charge in [0, 0.05) is 5.69 Å². The van der Waals surface area contributed by atoms with E-state index in [2.05, 4.69) is 5.32 Å². The van der Waals surface area contributed by atoms with Gasteiger partial charge in [0.05, 0.1) is 22.6 Å². The minimum absolute atomic E-state index is 0.148. The highest BCUT2D eigenvalue weighted by Crippen LogP contribution is 2.59. The van der Waals surface area contributed by atoms with Crippen molar-refractivity contribution < 1.29 is 23.9 Å². The number of carbonyl (C=O) groups is 4. The van der Waals surface area contributed by atoms with Gasteiger partial charge in [-0.25, -0.2) is 0 Å². The number of nitrogens with zero attached hydrogens (tertiary/aromatic N) is 1. The van der Waals surface area contributed by atoms with Gasteiger partial charge >= 0.3 is 5.97 Å². The van der Waals surface area contributed by atoms with Crippen molar-refractivity contribution in [1.82, 2.24) is 4.90 Å². The second-order valence-electron chi connectivity index (χ2n) is 8.24. The van der Waals surface area contributed by atoms with Crippen LogP contribution in [0.2, 0.25) is 0 Å².